The molecule has 3 atom stereocenters. The van der Waals surface area contributed by atoms with Crippen LogP contribution in [0.3, 0.4) is 0 Å². The van der Waals surface area contributed by atoms with E-state index in [0.29, 0.717) is 25.9 Å². The standard InChI is InChI=1S/C26H41N5O5S/c1-17(2)14-20(22(32)24-29-31(26(37)36-24)13-12-30(5)6)27-23(33)21(15-18(3)4)28-25(34)35-16-19-10-8-7-9-11-19/h7-11,17-18,20-22,32H,12-16H2,1-6H3,(H,27,33)(H,28,34)/t20?,21-,22?/m0/s1. The fourth-order valence-electron chi connectivity index (χ4n) is 3.72. The highest BCUT2D eigenvalue weighted by molar-refractivity contribution is 7.71. The molecule has 2 rings (SSSR count). The number of likely N-dealkylation sites (N-methyl/N-ethyl adjacent to an activating group) is 1. The number of hydrogen-bond donors (Lipinski definition) is 3. The van der Waals surface area contributed by atoms with Gasteiger partial charge >= 0.3 is 6.09 Å². The minimum absolute atomic E-state index is 0.0466. The summed E-state index contributed by atoms with van der Waals surface area (Å²) in [5, 5.41) is 21.0. The van der Waals surface area contributed by atoms with Crippen LogP contribution in [0.15, 0.2) is 34.7 Å². The molecule has 0 radical (unpaired) electrons. The van der Waals surface area contributed by atoms with E-state index < -0.39 is 30.2 Å². The topological polar surface area (TPSA) is 122 Å². The monoisotopic (exact) mass is 535 g/mol. The van der Waals surface area contributed by atoms with Crippen LogP contribution < -0.4 is 10.6 Å². The minimum Gasteiger partial charge on any atom is -0.445 e. The number of aliphatic hydroxyl groups excluding tert-OH is 1. The molecule has 10 nitrogen and oxygen atoms in total. The molecular formula is C26H41N5O5S. The molecule has 1 heterocycles. The molecule has 0 fully saturated rings. The highest BCUT2D eigenvalue weighted by Gasteiger charge is 2.31. The van der Waals surface area contributed by atoms with Crippen LogP contribution in [0.5, 0.6) is 0 Å². The third-order valence-corrected chi connectivity index (χ3v) is 5.89. The molecule has 0 aliphatic carbocycles. The molecule has 37 heavy (non-hydrogen) atoms. The van der Waals surface area contributed by atoms with Gasteiger partial charge in [0.1, 0.15) is 12.6 Å². The predicted octanol–water partition coefficient (Wildman–Crippen LogP) is 3.67. The average Bonchev–Trinajstić information content (AvgIpc) is 3.20. The molecule has 0 spiro atoms. The van der Waals surface area contributed by atoms with Gasteiger partial charge in [-0.2, -0.15) is 0 Å². The molecule has 1 aromatic carbocycles. The van der Waals surface area contributed by atoms with Crippen molar-refractivity contribution in [3.8, 4) is 0 Å². The minimum atomic E-state index is -1.21. The molecule has 2 unspecified atom stereocenters. The van der Waals surface area contributed by atoms with E-state index in [4.69, 9.17) is 21.4 Å². The van der Waals surface area contributed by atoms with Crippen molar-refractivity contribution in [1.29, 1.82) is 0 Å². The van der Waals surface area contributed by atoms with Gasteiger partial charge in [0.15, 0.2) is 6.10 Å². The van der Waals surface area contributed by atoms with Crippen LogP contribution in [0.25, 0.3) is 0 Å². The molecule has 1 aromatic heterocycles. The Labute approximate surface area is 224 Å². The third kappa shape index (κ3) is 10.6. The van der Waals surface area contributed by atoms with Crippen molar-refractivity contribution in [3.63, 3.8) is 0 Å². The Hall–Kier alpha value is -2.76. The number of alkyl carbamates (subject to hydrolysis) is 1. The molecule has 0 bridgehead atoms. The van der Waals surface area contributed by atoms with Gasteiger partial charge in [-0.25, -0.2) is 9.48 Å². The summed E-state index contributed by atoms with van der Waals surface area (Å²) in [6.07, 6.45) is -1.03. The molecule has 2 aromatic rings. The van der Waals surface area contributed by atoms with Crippen molar-refractivity contribution in [3.05, 3.63) is 46.6 Å². The van der Waals surface area contributed by atoms with Crippen LogP contribution in [0.2, 0.25) is 0 Å². The van der Waals surface area contributed by atoms with Crippen LogP contribution in [0, 0.1) is 16.7 Å². The molecule has 2 amide bonds. The van der Waals surface area contributed by atoms with Crippen molar-refractivity contribution >= 4 is 24.2 Å². The molecule has 206 valence electrons. The van der Waals surface area contributed by atoms with Gasteiger partial charge in [-0.15, -0.1) is 5.10 Å². The molecule has 0 saturated carbocycles. The predicted molar refractivity (Wildman–Crippen MR) is 143 cm³/mol. The first kappa shape index (κ1) is 30.5. The summed E-state index contributed by atoms with van der Waals surface area (Å²) >= 11 is 5.26. The number of aromatic nitrogens is 2. The van der Waals surface area contributed by atoms with E-state index in [9.17, 15) is 14.7 Å². The van der Waals surface area contributed by atoms with Crippen LogP contribution in [-0.2, 0) is 22.7 Å². The number of benzene rings is 1. The summed E-state index contributed by atoms with van der Waals surface area (Å²) in [6.45, 7) is 9.20. The zero-order valence-corrected chi connectivity index (χ0v) is 23.5. The summed E-state index contributed by atoms with van der Waals surface area (Å²) in [4.78, 5) is 27.9. The Kier molecular flexibility index (Phi) is 12.2. The van der Waals surface area contributed by atoms with Crippen LogP contribution in [0.1, 0.15) is 58.1 Å². The quantitative estimate of drug-likeness (QED) is 0.313. The van der Waals surface area contributed by atoms with E-state index in [2.05, 4.69) is 15.7 Å². The Morgan fingerprint density at radius 2 is 1.76 bits per heavy atom. The number of nitrogens with zero attached hydrogens (tertiary/aromatic N) is 3. The van der Waals surface area contributed by atoms with Gasteiger partial charge in [0.2, 0.25) is 11.8 Å². The second-order valence-corrected chi connectivity index (χ2v) is 10.7. The number of amides is 2. The zero-order chi connectivity index (χ0) is 27.5. The van der Waals surface area contributed by atoms with Gasteiger partial charge in [-0.3, -0.25) is 4.79 Å². The molecule has 11 heteroatoms. The third-order valence-electron chi connectivity index (χ3n) is 5.60. The van der Waals surface area contributed by atoms with Crippen molar-refractivity contribution in [1.82, 2.24) is 25.3 Å². The van der Waals surface area contributed by atoms with Gasteiger partial charge in [0.25, 0.3) is 4.84 Å². The van der Waals surface area contributed by atoms with Crippen LogP contribution in [0.4, 0.5) is 4.79 Å². The van der Waals surface area contributed by atoms with E-state index in [-0.39, 0.29) is 29.2 Å². The number of aliphatic hydroxyl groups is 1. The van der Waals surface area contributed by atoms with Crippen molar-refractivity contribution in [2.45, 2.75) is 71.9 Å². The first-order valence-corrected chi connectivity index (χ1v) is 13.0. The van der Waals surface area contributed by atoms with Crippen LogP contribution >= 0.6 is 12.2 Å². The maximum absolute atomic E-state index is 13.3. The lowest BCUT2D eigenvalue weighted by Gasteiger charge is -2.27. The smallest absolute Gasteiger partial charge is 0.408 e. The summed E-state index contributed by atoms with van der Waals surface area (Å²) < 4.78 is 12.4. The molecule has 3 N–H and O–H groups in total. The summed E-state index contributed by atoms with van der Waals surface area (Å²) in [5.74, 6) is -0.0825. The lowest BCUT2D eigenvalue weighted by molar-refractivity contribution is -0.125. The summed E-state index contributed by atoms with van der Waals surface area (Å²) in [5.41, 5.74) is 0.845. The lowest BCUT2D eigenvalue weighted by Crippen LogP contribution is -2.51. The zero-order valence-electron chi connectivity index (χ0n) is 22.6. The molecular weight excluding hydrogens is 494 g/mol. The largest absolute Gasteiger partial charge is 0.445 e. The Morgan fingerprint density at radius 1 is 1.11 bits per heavy atom. The number of ether oxygens (including phenoxy) is 1. The van der Waals surface area contributed by atoms with Crippen molar-refractivity contribution in [2.75, 3.05) is 20.6 Å². The maximum Gasteiger partial charge on any atom is 0.408 e. The number of carbonyl (C=O) groups excluding carboxylic acids is 2. The normalized spacial score (nSPS) is 14.0. The van der Waals surface area contributed by atoms with Gasteiger partial charge < -0.3 is 29.8 Å². The van der Waals surface area contributed by atoms with E-state index in [1.54, 1.807) is 0 Å². The number of carbonyl (C=O) groups is 2. The first-order valence-electron chi connectivity index (χ1n) is 12.6. The number of hydrogen-bond acceptors (Lipinski definition) is 8. The Morgan fingerprint density at radius 3 is 2.35 bits per heavy atom. The SMILES string of the molecule is CC(C)CC(NC(=O)[C@H](CC(C)C)NC(=O)OCc1ccccc1)C(O)c1nn(CCN(C)C)c(=S)o1. The fourth-order valence-corrected chi connectivity index (χ4v) is 3.94. The number of rotatable bonds is 14. The van der Waals surface area contributed by atoms with Gasteiger partial charge in [-0.05, 0) is 56.6 Å². The van der Waals surface area contributed by atoms with Gasteiger partial charge in [0, 0.05) is 6.54 Å². The van der Waals surface area contributed by atoms with E-state index >= 15 is 0 Å². The summed E-state index contributed by atoms with van der Waals surface area (Å²) in [6, 6.07) is 7.77. The second-order valence-electron chi connectivity index (χ2n) is 10.3. The average molecular weight is 536 g/mol. The van der Waals surface area contributed by atoms with E-state index in [0.717, 1.165) is 5.56 Å². The van der Waals surface area contributed by atoms with Crippen LogP contribution in [-0.4, -0.2) is 64.5 Å². The highest BCUT2D eigenvalue weighted by atomic mass is 32.1. The fraction of sp³-hybridized carbons (Fsp3) is 0.615. The molecule has 0 saturated heterocycles. The first-order chi connectivity index (χ1) is 17.5. The maximum atomic E-state index is 13.3. The van der Waals surface area contributed by atoms with Gasteiger partial charge in [0.05, 0.1) is 12.6 Å². The van der Waals surface area contributed by atoms with Crippen molar-refractivity contribution < 1.29 is 23.8 Å². The van der Waals surface area contributed by atoms with Crippen molar-refractivity contribution in [2.24, 2.45) is 11.8 Å². The Balaban J connectivity index is 2.11. The Bertz CT molecular complexity index is 1040. The highest BCUT2D eigenvalue weighted by Crippen LogP contribution is 2.22. The van der Waals surface area contributed by atoms with Gasteiger partial charge in [-0.1, -0.05) is 58.0 Å². The molecule has 0 aliphatic rings. The van der Waals surface area contributed by atoms with E-state index in [1.165, 1.54) is 4.68 Å². The van der Waals surface area contributed by atoms with E-state index in [1.807, 2.05) is 77.0 Å². The number of nitrogens with one attached hydrogen (secondary N) is 2. The summed E-state index contributed by atoms with van der Waals surface area (Å²) in [7, 11) is 3.87. The molecule has 0 aliphatic heterocycles. The lowest BCUT2D eigenvalue weighted by atomic mass is 9.97. The second kappa shape index (κ2) is 14.8.